The predicted octanol–water partition coefficient (Wildman–Crippen LogP) is 2.30. The fraction of sp³-hybridized carbons (Fsp3) is 0.375. The van der Waals surface area contributed by atoms with Crippen molar-refractivity contribution in [1.29, 1.82) is 0 Å². The first-order valence-electron chi connectivity index (χ1n) is 11.6. The monoisotopic (exact) mass is 478 g/mol. The van der Waals surface area contributed by atoms with Gasteiger partial charge in [-0.3, -0.25) is 9.69 Å². The van der Waals surface area contributed by atoms with Crippen LogP contribution >= 0.6 is 0 Å². The van der Waals surface area contributed by atoms with Crippen molar-refractivity contribution in [2.24, 2.45) is 0 Å². The highest BCUT2D eigenvalue weighted by molar-refractivity contribution is 7.91. The van der Waals surface area contributed by atoms with E-state index in [2.05, 4.69) is 25.1 Å². The Bertz CT molecular complexity index is 1590. The van der Waals surface area contributed by atoms with Crippen molar-refractivity contribution in [3.8, 4) is 0 Å². The highest BCUT2D eigenvalue weighted by Crippen LogP contribution is 2.30. The van der Waals surface area contributed by atoms with E-state index < -0.39 is 15.4 Å². The first-order chi connectivity index (χ1) is 16.3. The molecule has 9 nitrogen and oxygen atoms in total. The van der Waals surface area contributed by atoms with Crippen molar-refractivity contribution in [2.45, 2.75) is 42.7 Å². The zero-order valence-electron chi connectivity index (χ0n) is 19.2. The number of nitrogens with one attached hydrogen (secondary N) is 1. The molecule has 2 aromatic heterocycles. The summed E-state index contributed by atoms with van der Waals surface area (Å²) in [5.41, 5.74) is 2.68. The molecule has 1 saturated heterocycles. The molecular weight excluding hydrogens is 452 g/mol. The molecule has 0 amide bonds. The van der Waals surface area contributed by atoms with E-state index >= 15 is 0 Å². The van der Waals surface area contributed by atoms with Gasteiger partial charge in [-0.05, 0) is 56.5 Å². The number of rotatable bonds is 4. The number of hydrogen-bond donors (Lipinski definition) is 1. The van der Waals surface area contributed by atoms with E-state index in [9.17, 15) is 13.2 Å². The summed E-state index contributed by atoms with van der Waals surface area (Å²) in [6.07, 6.45) is 2.61. The highest BCUT2D eigenvalue weighted by Gasteiger charge is 2.31. The number of aromatic nitrogens is 4. The van der Waals surface area contributed by atoms with Gasteiger partial charge in [-0.25, -0.2) is 18.1 Å². The number of fused-ring (bicyclic) bond motifs is 3. The number of aromatic amines is 1. The van der Waals surface area contributed by atoms with Crippen molar-refractivity contribution >= 4 is 32.1 Å². The highest BCUT2D eigenvalue weighted by atomic mass is 32.2. The molecule has 0 radical (unpaired) electrons. The molecular formula is C24H26N6O3S. The molecule has 2 aliphatic rings. The minimum absolute atomic E-state index is 0.00757. The maximum atomic E-state index is 13.4. The zero-order valence-corrected chi connectivity index (χ0v) is 20.0. The first-order valence-corrected chi connectivity index (χ1v) is 13.0. The van der Waals surface area contributed by atoms with Gasteiger partial charge in [0, 0.05) is 37.9 Å². The molecule has 10 heteroatoms. The molecule has 176 valence electrons. The molecule has 1 aliphatic heterocycles. The van der Waals surface area contributed by atoms with E-state index in [4.69, 9.17) is 0 Å². The largest absolute Gasteiger partial charge is 0.369 e. The van der Waals surface area contributed by atoms with Gasteiger partial charge in [0.2, 0.25) is 14.9 Å². The molecule has 1 N–H and O–H groups in total. The minimum Gasteiger partial charge on any atom is -0.369 e. The molecule has 2 fully saturated rings. The standard InChI is InChI=1S/C24H26N6O3S/c1-15-3-8-21(16(2)13-15)34(32,33)24-22-25-23(31)19-7-6-18(14-20(19)30(22)27-26-24)29-11-9-28(10-12-29)17-4-5-17/h3,6-8,13-14,17,27H,4-5,9-12H2,1-2H3. The van der Waals surface area contributed by atoms with Crippen LogP contribution in [0.15, 0.2) is 51.1 Å². The van der Waals surface area contributed by atoms with Crippen molar-refractivity contribution < 1.29 is 8.42 Å². The smallest absolute Gasteiger partial charge is 0.281 e. The summed E-state index contributed by atoms with van der Waals surface area (Å²) in [6.45, 7) is 7.54. The van der Waals surface area contributed by atoms with E-state index in [0.29, 0.717) is 16.5 Å². The Balaban J connectivity index is 1.44. The van der Waals surface area contributed by atoms with Crippen LogP contribution in [0.2, 0.25) is 0 Å². The molecule has 0 spiro atoms. The number of sulfone groups is 1. The van der Waals surface area contributed by atoms with Gasteiger partial charge < -0.3 is 4.90 Å². The van der Waals surface area contributed by atoms with E-state index in [1.807, 2.05) is 25.1 Å². The maximum Gasteiger partial charge on any atom is 0.281 e. The fourth-order valence-corrected chi connectivity index (χ4v) is 6.44. The topological polar surface area (TPSA) is 104 Å². The molecule has 3 heterocycles. The maximum absolute atomic E-state index is 13.4. The molecule has 1 saturated carbocycles. The van der Waals surface area contributed by atoms with Gasteiger partial charge in [0.1, 0.15) is 0 Å². The number of hydrogen-bond acceptors (Lipinski definition) is 7. The van der Waals surface area contributed by atoms with Gasteiger partial charge in [-0.1, -0.05) is 17.7 Å². The average molecular weight is 479 g/mol. The summed E-state index contributed by atoms with van der Waals surface area (Å²) < 4.78 is 28.4. The second-order valence-electron chi connectivity index (χ2n) is 9.32. The van der Waals surface area contributed by atoms with Gasteiger partial charge in [0.05, 0.1) is 15.8 Å². The lowest BCUT2D eigenvalue weighted by atomic mass is 10.2. The van der Waals surface area contributed by atoms with Gasteiger partial charge in [-0.15, -0.1) is 5.10 Å². The first kappa shape index (κ1) is 21.3. The summed E-state index contributed by atoms with van der Waals surface area (Å²) >= 11 is 0. The third-order valence-corrected chi connectivity index (χ3v) is 8.75. The van der Waals surface area contributed by atoms with E-state index in [0.717, 1.165) is 43.5 Å². The Morgan fingerprint density at radius 2 is 1.76 bits per heavy atom. The van der Waals surface area contributed by atoms with Gasteiger partial charge in [0.15, 0.2) is 5.65 Å². The summed E-state index contributed by atoms with van der Waals surface area (Å²) in [5.74, 6) is 0. The average Bonchev–Trinajstić information content (AvgIpc) is 3.58. The van der Waals surface area contributed by atoms with Crippen LogP contribution in [0.3, 0.4) is 0 Å². The van der Waals surface area contributed by atoms with Crippen LogP contribution in [0.1, 0.15) is 24.0 Å². The third kappa shape index (κ3) is 3.40. The lowest BCUT2D eigenvalue weighted by Gasteiger charge is -2.36. The van der Waals surface area contributed by atoms with E-state index in [1.165, 1.54) is 17.4 Å². The Morgan fingerprint density at radius 3 is 2.47 bits per heavy atom. The number of H-pyrrole nitrogens is 1. The van der Waals surface area contributed by atoms with Crippen LogP contribution in [0.25, 0.3) is 16.6 Å². The normalized spacial score (nSPS) is 17.6. The van der Waals surface area contributed by atoms with Crippen molar-refractivity contribution in [3.63, 3.8) is 0 Å². The van der Waals surface area contributed by atoms with Gasteiger partial charge >= 0.3 is 0 Å². The van der Waals surface area contributed by atoms with Gasteiger partial charge in [0.25, 0.3) is 5.56 Å². The number of benzene rings is 2. The molecule has 0 atom stereocenters. The second kappa shape index (κ2) is 7.64. The Labute approximate surface area is 196 Å². The quantitative estimate of drug-likeness (QED) is 0.480. The number of nitrogens with zero attached hydrogens (tertiary/aromatic N) is 5. The van der Waals surface area contributed by atoms with Gasteiger partial charge in [-0.2, -0.15) is 4.98 Å². The van der Waals surface area contributed by atoms with E-state index in [-0.39, 0.29) is 15.6 Å². The summed E-state index contributed by atoms with van der Waals surface area (Å²) in [5, 5.41) is 7.06. The number of anilines is 1. The second-order valence-corrected chi connectivity index (χ2v) is 11.2. The minimum atomic E-state index is -3.97. The van der Waals surface area contributed by atoms with Crippen LogP contribution in [0, 0.1) is 13.8 Å². The van der Waals surface area contributed by atoms with Crippen LogP contribution in [-0.4, -0.2) is 65.4 Å². The van der Waals surface area contributed by atoms with Crippen LogP contribution in [0.5, 0.6) is 0 Å². The molecule has 34 heavy (non-hydrogen) atoms. The Morgan fingerprint density at radius 1 is 1.00 bits per heavy atom. The molecule has 2 aromatic carbocycles. The molecule has 6 rings (SSSR count). The predicted molar refractivity (Wildman–Crippen MR) is 129 cm³/mol. The zero-order chi connectivity index (χ0) is 23.6. The van der Waals surface area contributed by atoms with Crippen LogP contribution in [0.4, 0.5) is 5.69 Å². The fourth-order valence-electron chi connectivity index (χ4n) is 4.96. The lowest BCUT2D eigenvalue weighted by molar-refractivity contribution is 0.248. The molecule has 4 aromatic rings. The third-order valence-electron chi connectivity index (χ3n) is 6.93. The Hall–Kier alpha value is -3.24. The lowest BCUT2D eigenvalue weighted by Crippen LogP contribution is -2.47. The molecule has 0 bridgehead atoms. The summed E-state index contributed by atoms with van der Waals surface area (Å²) in [7, 11) is -3.97. The summed E-state index contributed by atoms with van der Waals surface area (Å²) in [6, 6.07) is 11.5. The summed E-state index contributed by atoms with van der Waals surface area (Å²) in [4.78, 5) is 22.0. The van der Waals surface area contributed by atoms with Crippen LogP contribution in [-0.2, 0) is 9.84 Å². The molecule has 0 unspecified atom stereocenters. The van der Waals surface area contributed by atoms with Crippen molar-refractivity contribution in [1.82, 2.24) is 24.7 Å². The Kier molecular flexibility index (Phi) is 4.79. The van der Waals surface area contributed by atoms with Crippen molar-refractivity contribution in [3.05, 3.63) is 57.9 Å². The van der Waals surface area contributed by atoms with E-state index in [1.54, 1.807) is 25.1 Å². The number of piperazine rings is 1. The SMILES string of the molecule is Cc1ccc(S(=O)(=O)c2n[nH]n3c2nc(=O)c2ccc(N4CCN(C5CC5)CC4)cc23)c(C)c1. The number of aryl methyl sites for hydroxylation is 2. The van der Waals surface area contributed by atoms with Crippen LogP contribution < -0.4 is 10.5 Å². The van der Waals surface area contributed by atoms with Crippen molar-refractivity contribution in [2.75, 3.05) is 31.1 Å². The molecule has 1 aliphatic carbocycles.